The third-order valence-corrected chi connectivity index (χ3v) is 5.41. The number of hydrogen-bond acceptors (Lipinski definition) is 12. The van der Waals surface area contributed by atoms with Gasteiger partial charge < -0.3 is 34.6 Å². The van der Waals surface area contributed by atoms with Gasteiger partial charge in [-0.3, -0.25) is 14.4 Å². The minimum absolute atomic E-state index is 0.205. The summed E-state index contributed by atoms with van der Waals surface area (Å²) in [5.74, 6) is -0.639. The highest BCUT2D eigenvalue weighted by molar-refractivity contribution is 5.70. The minimum Gasteiger partial charge on any atom is -0.466 e. The third-order valence-electron chi connectivity index (χ3n) is 5.41. The Balaban J connectivity index is 4.71. The number of nitrogens with zero attached hydrogens (tertiary/aromatic N) is 2. The fourth-order valence-corrected chi connectivity index (χ4v) is 3.47. The normalized spacial score (nSPS) is 11.2. The lowest BCUT2D eigenvalue weighted by molar-refractivity contribution is -0.291. The highest BCUT2D eigenvalue weighted by Crippen LogP contribution is 1.99. The molecule has 12 heteroatoms. The summed E-state index contributed by atoms with van der Waals surface area (Å²) in [4.78, 5) is 49.7. The molecule has 0 heterocycles. The van der Waals surface area contributed by atoms with E-state index in [-0.39, 0.29) is 17.9 Å². The SMILES string of the molecule is CCOOCCCNCCN(CCC(=O)OCC)CCN(CCNCCC(=O)OCC)CCC(=O)OCC. The summed E-state index contributed by atoms with van der Waals surface area (Å²) in [5.41, 5.74) is 0. The van der Waals surface area contributed by atoms with Crippen molar-refractivity contribution in [2.24, 2.45) is 0 Å². The van der Waals surface area contributed by atoms with Crippen LogP contribution in [0.25, 0.3) is 0 Å². The molecule has 0 amide bonds. The standard InChI is InChI=1S/C26H52N4O8/c1-5-34-24(31)10-14-28-16-20-30(18-12-26(33)36-7-3)22-21-29(17-11-25(32)35-6-2)19-15-27-13-9-23-38-37-8-4/h27-28H,5-23H2,1-4H3. The summed E-state index contributed by atoms with van der Waals surface area (Å²) in [6.07, 6.45) is 1.80. The highest BCUT2D eigenvalue weighted by Gasteiger charge is 2.14. The zero-order chi connectivity index (χ0) is 28.3. The van der Waals surface area contributed by atoms with Gasteiger partial charge in [-0.05, 0) is 40.7 Å². The van der Waals surface area contributed by atoms with Crippen LogP contribution in [0.4, 0.5) is 0 Å². The molecule has 0 radical (unpaired) electrons. The Hall–Kier alpha value is -1.83. The second-order valence-corrected chi connectivity index (χ2v) is 8.43. The summed E-state index contributed by atoms with van der Waals surface area (Å²) in [7, 11) is 0. The quantitative estimate of drug-likeness (QED) is 0.0499. The van der Waals surface area contributed by atoms with E-state index in [9.17, 15) is 14.4 Å². The molecule has 2 N–H and O–H groups in total. The molecule has 0 aromatic rings. The molecule has 0 saturated carbocycles. The summed E-state index contributed by atoms with van der Waals surface area (Å²) >= 11 is 0. The van der Waals surface area contributed by atoms with Gasteiger partial charge in [-0.25, -0.2) is 9.78 Å². The van der Waals surface area contributed by atoms with E-state index in [1.165, 1.54) is 0 Å². The van der Waals surface area contributed by atoms with Crippen LogP contribution >= 0.6 is 0 Å². The van der Waals surface area contributed by atoms with Gasteiger partial charge >= 0.3 is 17.9 Å². The fourth-order valence-electron chi connectivity index (χ4n) is 3.47. The van der Waals surface area contributed by atoms with Crippen LogP contribution in [0.3, 0.4) is 0 Å². The molecule has 0 saturated heterocycles. The van der Waals surface area contributed by atoms with Gasteiger partial charge in [0.1, 0.15) is 0 Å². The lowest BCUT2D eigenvalue weighted by Gasteiger charge is -2.27. The predicted molar refractivity (Wildman–Crippen MR) is 145 cm³/mol. The van der Waals surface area contributed by atoms with E-state index < -0.39 is 0 Å². The first kappa shape index (κ1) is 36.2. The molecule has 0 fully saturated rings. The Labute approximate surface area is 228 Å². The van der Waals surface area contributed by atoms with Gasteiger partial charge in [0, 0.05) is 58.9 Å². The van der Waals surface area contributed by atoms with Crippen molar-refractivity contribution in [1.29, 1.82) is 0 Å². The third kappa shape index (κ3) is 23.3. The minimum atomic E-state index is -0.218. The van der Waals surface area contributed by atoms with E-state index in [0.29, 0.717) is 85.0 Å². The van der Waals surface area contributed by atoms with E-state index >= 15 is 0 Å². The van der Waals surface area contributed by atoms with Gasteiger partial charge in [0.05, 0.1) is 52.3 Å². The van der Waals surface area contributed by atoms with E-state index in [1.54, 1.807) is 20.8 Å². The summed E-state index contributed by atoms with van der Waals surface area (Å²) in [6, 6.07) is 0. The molecule has 0 aliphatic heterocycles. The van der Waals surface area contributed by atoms with Crippen LogP contribution in [-0.2, 0) is 38.4 Å². The van der Waals surface area contributed by atoms with Gasteiger partial charge in [0.15, 0.2) is 0 Å². The van der Waals surface area contributed by atoms with Crippen LogP contribution in [0.2, 0.25) is 0 Å². The Morgan fingerprint density at radius 1 is 0.526 bits per heavy atom. The first-order valence-corrected chi connectivity index (χ1v) is 14.0. The van der Waals surface area contributed by atoms with Crippen LogP contribution in [0.15, 0.2) is 0 Å². The van der Waals surface area contributed by atoms with E-state index in [0.717, 1.165) is 39.1 Å². The van der Waals surface area contributed by atoms with Crippen LogP contribution in [0.5, 0.6) is 0 Å². The lowest BCUT2D eigenvalue weighted by atomic mass is 10.3. The van der Waals surface area contributed by atoms with Gasteiger partial charge in [-0.2, -0.15) is 0 Å². The number of esters is 3. The summed E-state index contributed by atoms with van der Waals surface area (Å²) < 4.78 is 15.1. The second kappa shape index (κ2) is 26.8. The number of rotatable bonds is 27. The van der Waals surface area contributed by atoms with Crippen molar-refractivity contribution >= 4 is 17.9 Å². The maximum absolute atomic E-state index is 11.9. The Bertz CT molecular complexity index is 598. The van der Waals surface area contributed by atoms with Crippen LogP contribution in [0.1, 0.15) is 53.4 Å². The molecule has 0 bridgehead atoms. The van der Waals surface area contributed by atoms with Gasteiger partial charge in [0.2, 0.25) is 0 Å². The number of hydrogen-bond donors (Lipinski definition) is 2. The maximum atomic E-state index is 11.9. The molecule has 0 unspecified atom stereocenters. The molecule has 0 aromatic carbocycles. The fraction of sp³-hybridized carbons (Fsp3) is 0.885. The number of ether oxygens (including phenoxy) is 3. The van der Waals surface area contributed by atoms with Crippen molar-refractivity contribution in [1.82, 2.24) is 20.4 Å². The Morgan fingerprint density at radius 3 is 1.47 bits per heavy atom. The zero-order valence-corrected chi connectivity index (χ0v) is 24.1. The average Bonchev–Trinajstić information content (AvgIpc) is 2.89. The van der Waals surface area contributed by atoms with Crippen molar-refractivity contribution in [2.75, 3.05) is 98.5 Å². The van der Waals surface area contributed by atoms with Gasteiger partial charge in [0.25, 0.3) is 0 Å². The molecule has 0 rings (SSSR count). The predicted octanol–water partition coefficient (Wildman–Crippen LogP) is 0.987. The molecule has 12 nitrogen and oxygen atoms in total. The van der Waals surface area contributed by atoms with Crippen LogP contribution < -0.4 is 10.6 Å². The average molecular weight is 549 g/mol. The van der Waals surface area contributed by atoms with Crippen molar-refractivity contribution in [3.05, 3.63) is 0 Å². The van der Waals surface area contributed by atoms with E-state index in [2.05, 4.69) is 20.4 Å². The molecule has 0 aliphatic rings. The Morgan fingerprint density at radius 2 is 1.00 bits per heavy atom. The van der Waals surface area contributed by atoms with Crippen molar-refractivity contribution in [3.8, 4) is 0 Å². The van der Waals surface area contributed by atoms with Crippen molar-refractivity contribution < 1.29 is 38.4 Å². The second-order valence-electron chi connectivity index (χ2n) is 8.43. The largest absolute Gasteiger partial charge is 0.466 e. The summed E-state index contributed by atoms with van der Waals surface area (Å²) in [6.45, 7) is 16.4. The topological polar surface area (TPSA) is 128 Å². The molecule has 0 aliphatic carbocycles. The van der Waals surface area contributed by atoms with E-state index in [1.807, 2.05) is 6.92 Å². The van der Waals surface area contributed by atoms with Crippen LogP contribution in [-0.4, -0.2) is 126 Å². The maximum Gasteiger partial charge on any atom is 0.307 e. The van der Waals surface area contributed by atoms with Crippen molar-refractivity contribution in [3.63, 3.8) is 0 Å². The number of carbonyl (C=O) groups excluding carboxylic acids is 3. The molecule has 0 spiro atoms. The monoisotopic (exact) mass is 548 g/mol. The van der Waals surface area contributed by atoms with Crippen LogP contribution in [0, 0.1) is 0 Å². The highest BCUT2D eigenvalue weighted by atomic mass is 17.2. The number of nitrogens with one attached hydrogen (secondary N) is 2. The van der Waals surface area contributed by atoms with Crippen molar-refractivity contribution in [2.45, 2.75) is 53.4 Å². The van der Waals surface area contributed by atoms with E-state index in [4.69, 9.17) is 24.0 Å². The number of carbonyl (C=O) groups is 3. The first-order valence-electron chi connectivity index (χ1n) is 14.0. The molecular weight excluding hydrogens is 496 g/mol. The Kier molecular flexibility index (Phi) is 25.5. The molecule has 0 atom stereocenters. The zero-order valence-electron chi connectivity index (χ0n) is 24.1. The molecule has 38 heavy (non-hydrogen) atoms. The van der Waals surface area contributed by atoms with Gasteiger partial charge in [-0.15, -0.1) is 0 Å². The first-order chi connectivity index (χ1) is 18.5. The molecular formula is C26H52N4O8. The molecule has 0 aromatic heterocycles. The lowest BCUT2D eigenvalue weighted by Crippen LogP contribution is -2.42. The summed E-state index contributed by atoms with van der Waals surface area (Å²) in [5, 5.41) is 6.66. The van der Waals surface area contributed by atoms with Gasteiger partial charge in [-0.1, -0.05) is 0 Å². The molecule has 224 valence electrons. The smallest absolute Gasteiger partial charge is 0.307 e.